The number of carbonyl (C=O) groups is 1. The zero-order valence-electron chi connectivity index (χ0n) is 22.5. The fraction of sp³-hybridized carbons (Fsp3) is 0.586. The smallest absolute Gasteiger partial charge is 0.388 e. The minimum atomic E-state index is -4.66. The zero-order chi connectivity index (χ0) is 28.1. The zero-order valence-corrected chi connectivity index (χ0v) is 22.5. The van der Waals surface area contributed by atoms with Gasteiger partial charge in [0.2, 0.25) is 0 Å². The number of nitrogens with one attached hydrogen (secondary N) is 1. The molecule has 39 heavy (non-hydrogen) atoms. The van der Waals surface area contributed by atoms with Gasteiger partial charge in [-0.15, -0.1) is 0 Å². The van der Waals surface area contributed by atoms with Crippen LogP contribution in [0.2, 0.25) is 0 Å². The molecule has 3 N–H and O–H groups in total. The molecule has 2 bridgehead atoms. The lowest BCUT2D eigenvalue weighted by Gasteiger charge is -2.56. The molecule has 1 aromatic heterocycles. The molecular weight excluding hydrogens is 511 g/mol. The third-order valence-corrected chi connectivity index (χ3v) is 10.0. The van der Waals surface area contributed by atoms with Gasteiger partial charge < -0.3 is 25.2 Å². The van der Waals surface area contributed by atoms with E-state index in [-0.39, 0.29) is 17.9 Å². The monoisotopic (exact) mass is 545 g/mol. The second-order valence-electron chi connectivity index (χ2n) is 12.2. The van der Waals surface area contributed by atoms with E-state index < -0.39 is 52.5 Å². The molecule has 210 valence electrons. The lowest BCUT2D eigenvalue weighted by molar-refractivity contribution is -0.172. The van der Waals surface area contributed by atoms with E-state index in [2.05, 4.69) is 10.3 Å². The number of amides is 1. The normalized spacial score (nSPS) is 39.1. The van der Waals surface area contributed by atoms with Crippen LogP contribution in [0.25, 0.3) is 0 Å². The van der Waals surface area contributed by atoms with Crippen LogP contribution in [0.5, 0.6) is 0 Å². The Morgan fingerprint density at radius 1 is 1.26 bits per heavy atom. The Hall–Kier alpha value is -2.53. The molecule has 7 atom stereocenters. The quantitative estimate of drug-likeness (QED) is 0.535. The van der Waals surface area contributed by atoms with Crippen LogP contribution in [-0.2, 0) is 9.53 Å². The summed E-state index contributed by atoms with van der Waals surface area (Å²) in [7, 11) is 3.61. The summed E-state index contributed by atoms with van der Waals surface area (Å²) in [5.74, 6) is -0.818. The van der Waals surface area contributed by atoms with E-state index in [1.165, 1.54) is 6.08 Å². The average molecular weight is 546 g/mol. The van der Waals surface area contributed by atoms with Gasteiger partial charge in [-0.2, -0.15) is 13.2 Å². The standard InChI is InChI=1S/C29H34F3N3O4/c1-15-20(6-5-11-33-15)34-25(38)16-7-8-22-26(16,2)13-19(29(30,31)32)17-12-18-23(36)24(37)21(35(3)4)14-27(18)9-10-28(17,22)39-27/h5-7,11-12,21-24,36-37H,8-10,13-14H2,1-4H3,(H,34,38). The summed E-state index contributed by atoms with van der Waals surface area (Å²) in [6.45, 7) is 3.51. The number of rotatable bonds is 3. The summed E-state index contributed by atoms with van der Waals surface area (Å²) in [5, 5.41) is 24.8. The highest BCUT2D eigenvalue weighted by atomic mass is 19.4. The van der Waals surface area contributed by atoms with Crippen molar-refractivity contribution in [2.24, 2.45) is 11.3 Å². The summed E-state index contributed by atoms with van der Waals surface area (Å²) < 4.78 is 51.1. The highest BCUT2D eigenvalue weighted by Gasteiger charge is 2.70. The van der Waals surface area contributed by atoms with Crippen molar-refractivity contribution in [3.05, 3.63) is 58.5 Å². The van der Waals surface area contributed by atoms with Crippen molar-refractivity contribution in [1.29, 1.82) is 0 Å². The van der Waals surface area contributed by atoms with Crippen LogP contribution >= 0.6 is 0 Å². The summed E-state index contributed by atoms with van der Waals surface area (Å²) >= 11 is 0. The molecule has 1 saturated carbocycles. The van der Waals surface area contributed by atoms with Gasteiger partial charge in [0.25, 0.3) is 5.91 Å². The first-order chi connectivity index (χ1) is 18.2. The molecule has 1 aromatic rings. The van der Waals surface area contributed by atoms with Crippen LogP contribution in [0.3, 0.4) is 0 Å². The highest BCUT2D eigenvalue weighted by Crippen LogP contribution is 2.69. The Labute approximate surface area is 225 Å². The van der Waals surface area contributed by atoms with E-state index in [9.17, 15) is 28.2 Å². The molecule has 7 nitrogen and oxygen atoms in total. The fourth-order valence-electron chi connectivity index (χ4n) is 8.09. The summed E-state index contributed by atoms with van der Waals surface area (Å²) in [6.07, 6.45) is -1.09. The number of allylic oxidation sites excluding steroid dienone is 2. The van der Waals surface area contributed by atoms with Gasteiger partial charge in [0.15, 0.2) is 0 Å². The topological polar surface area (TPSA) is 94.9 Å². The molecule has 1 amide bonds. The van der Waals surface area contributed by atoms with Crippen LogP contribution in [0.15, 0.2) is 52.8 Å². The number of carbonyl (C=O) groups excluding carboxylic acids is 1. The maximum absolute atomic E-state index is 14.8. The number of likely N-dealkylation sites (N-methyl/N-ethyl adjacent to an activating group) is 1. The molecule has 7 unspecified atom stereocenters. The molecular formula is C29H34F3N3O4. The predicted molar refractivity (Wildman–Crippen MR) is 138 cm³/mol. The van der Waals surface area contributed by atoms with Crippen LogP contribution in [0.1, 0.15) is 44.7 Å². The molecule has 3 heterocycles. The second kappa shape index (κ2) is 8.49. The van der Waals surface area contributed by atoms with Gasteiger partial charge in [-0.3, -0.25) is 9.78 Å². The number of halogens is 3. The van der Waals surface area contributed by atoms with Crippen molar-refractivity contribution in [3.63, 3.8) is 0 Å². The molecule has 0 aromatic carbocycles. The number of pyridine rings is 1. The van der Waals surface area contributed by atoms with Crippen molar-refractivity contribution in [2.75, 3.05) is 19.4 Å². The van der Waals surface area contributed by atoms with E-state index >= 15 is 0 Å². The second-order valence-corrected chi connectivity index (χ2v) is 12.2. The minimum Gasteiger partial charge on any atom is -0.388 e. The van der Waals surface area contributed by atoms with E-state index in [0.29, 0.717) is 48.2 Å². The number of aromatic nitrogens is 1. The Kier molecular flexibility index (Phi) is 5.81. The number of ether oxygens (including phenoxy) is 1. The van der Waals surface area contributed by atoms with Gasteiger partial charge in [0.05, 0.1) is 28.7 Å². The fourth-order valence-corrected chi connectivity index (χ4v) is 8.09. The number of hydrogen-bond donors (Lipinski definition) is 3. The summed E-state index contributed by atoms with van der Waals surface area (Å²) in [4.78, 5) is 19.6. The molecule has 5 aliphatic rings. The van der Waals surface area contributed by atoms with E-state index in [1.54, 1.807) is 52.3 Å². The van der Waals surface area contributed by atoms with Crippen molar-refractivity contribution in [3.8, 4) is 0 Å². The number of nitrogens with zero attached hydrogens (tertiary/aromatic N) is 2. The number of aliphatic hydroxyl groups excluding tert-OH is 2. The number of fused-ring (bicyclic) bond motifs is 1. The van der Waals surface area contributed by atoms with Gasteiger partial charge in [-0.05, 0) is 76.4 Å². The van der Waals surface area contributed by atoms with E-state index in [4.69, 9.17) is 4.74 Å². The van der Waals surface area contributed by atoms with E-state index in [0.717, 1.165) is 0 Å². The first-order valence-electron chi connectivity index (χ1n) is 13.4. The number of anilines is 1. The third-order valence-electron chi connectivity index (χ3n) is 10.0. The van der Waals surface area contributed by atoms with Gasteiger partial charge in [-0.1, -0.05) is 19.1 Å². The highest BCUT2D eigenvalue weighted by molar-refractivity contribution is 6.05. The third kappa shape index (κ3) is 3.64. The van der Waals surface area contributed by atoms with Gasteiger partial charge >= 0.3 is 6.18 Å². The number of aryl methyl sites for hydroxylation is 1. The Morgan fingerprint density at radius 3 is 2.67 bits per heavy atom. The molecule has 2 aliphatic heterocycles. The lowest BCUT2D eigenvalue weighted by Crippen LogP contribution is -2.62. The molecule has 2 spiro atoms. The number of hydrogen-bond acceptors (Lipinski definition) is 6. The molecule has 2 fully saturated rings. The number of alkyl halides is 3. The maximum atomic E-state index is 14.8. The van der Waals surface area contributed by atoms with Gasteiger partial charge in [0, 0.05) is 34.7 Å². The molecule has 10 heteroatoms. The number of aliphatic hydroxyl groups is 2. The average Bonchev–Trinajstić information content (AvgIpc) is 3.37. The van der Waals surface area contributed by atoms with Crippen LogP contribution < -0.4 is 5.32 Å². The van der Waals surface area contributed by atoms with Crippen LogP contribution in [0, 0.1) is 18.3 Å². The van der Waals surface area contributed by atoms with Crippen molar-refractivity contribution in [1.82, 2.24) is 9.88 Å². The molecule has 3 aliphatic carbocycles. The van der Waals surface area contributed by atoms with Crippen molar-refractivity contribution >= 4 is 11.6 Å². The Morgan fingerprint density at radius 2 is 2.00 bits per heavy atom. The molecule has 0 radical (unpaired) electrons. The maximum Gasteiger partial charge on any atom is 0.413 e. The Balaban J connectivity index is 1.45. The first kappa shape index (κ1) is 26.7. The minimum absolute atomic E-state index is 0.0494. The molecule has 6 rings (SSSR count). The Bertz CT molecular complexity index is 1340. The predicted octanol–water partition coefficient (Wildman–Crippen LogP) is 3.83. The summed E-state index contributed by atoms with van der Waals surface area (Å²) in [5.41, 5.74) is -2.21. The molecule has 1 saturated heterocycles. The van der Waals surface area contributed by atoms with Crippen LogP contribution in [0.4, 0.5) is 18.9 Å². The largest absolute Gasteiger partial charge is 0.413 e. The SMILES string of the molecule is Cc1ncccc1NC(=O)C1=CCC2C1(C)CC(C(F)(F)F)=C1C=C3C(O)C(O)C(N(C)C)CC34CCC12O4. The van der Waals surface area contributed by atoms with Crippen molar-refractivity contribution in [2.45, 2.75) is 81.6 Å². The lowest BCUT2D eigenvalue weighted by atomic mass is 9.56. The van der Waals surface area contributed by atoms with Gasteiger partial charge in [0.1, 0.15) is 6.10 Å². The van der Waals surface area contributed by atoms with Crippen LogP contribution in [-0.4, -0.2) is 75.7 Å². The van der Waals surface area contributed by atoms with Gasteiger partial charge in [-0.25, -0.2) is 0 Å². The first-order valence-corrected chi connectivity index (χ1v) is 13.4. The summed E-state index contributed by atoms with van der Waals surface area (Å²) in [6, 6.07) is 3.00. The van der Waals surface area contributed by atoms with E-state index in [1.807, 2.05) is 4.90 Å². The van der Waals surface area contributed by atoms with Crippen molar-refractivity contribution < 1.29 is 32.9 Å².